The molecule has 25 heavy (non-hydrogen) atoms. The molecule has 0 saturated heterocycles. The molecule has 1 aromatic heterocycles. The summed E-state index contributed by atoms with van der Waals surface area (Å²) in [6.07, 6.45) is 0.544. The second kappa shape index (κ2) is 8.44. The molecule has 0 fully saturated rings. The first-order chi connectivity index (χ1) is 11.8. The van der Waals surface area contributed by atoms with Crippen LogP contribution in [0.15, 0.2) is 40.0 Å². The minimum Gasteiger partial charge on any atom is -0.356 e. The molecular formula is C17H22N2O4S2. The Kier molecular flexibility index (Phi) is 6.55. The van der Waals surface area contributed by atoms with Crippen molar-refractivity contribution >= 4 is 27.1 Å². The maximum atomic E-state index is 12.1. The third-order valence-corrected chi connectivity index (χ3v) is 6.77. The minimum atomic E-state index is -3.32. The number of aromatic nitrogens is 1. The van der Waals surface area contributed by atoms with Crippen LogP contribution in [-0.4, -0.2) is 31.2 Å². The van der Waals surface area contributed by atoms with Gasteiger partial charge in [-0.15, -0.1) is 0 Å². The van der Waals surface area contributed by atoms with Crippen LogP contribution in [0.2, 0.25) is 0 Å². The summed E-state index contributed by atoms with van der Waals surface area (Å²) < 4.78 is 25.8. The molecule has 8 heteroatoms. The van der Waals surface area contributed by atoms with E-state index < -0.39 is 9.84 Å². The fraction of sp³-hybridized carbons (Fsp3) is 0.412. The van der Waals surface area contributed by atoms with E-state index in [9.17, 15) is 18.0 Å². The molecule has 1 amide bonds. The third kappa shape index (κ3) is 5.27. The van der Waals surface area contributed by atoms with Gasteiger partial charge in [-0.25, -0.2) is 8.42 Å². The molecule has 0 aliphatic rings. The Morgan fingerprint density at radius 2 is 1.88 bits per heavy atom. The van der Waals surface area contributed by atoms with Gasteiger partial charge in [0.25, 0.3) is 0 Å². The fourth-order valence-electron chi connectivity index (χ4n) is 2.38. The zero-order valence-corrected chi connectivity index (χ0v) is 16.0. The number of amides is 1. The molecular weight excluding hydrogens is 360 g/mol. The van der Waals surface area contributed by atoms with Crippen LogP contribution in [0, 0.1) is 13.8 Å². The van der Waals surface area contributed by atoms with E-state index in [0.717, 1.165) is 10.6 Å². The number of benzene rings is 1. The van der Waals surface area contributed by atoms with Crippen molar-refractivity contribution in [1.29, 1.82) is 0 Å². The van der Waals surface area contributed by atoms with Gasteiger partial charge in [0.15, 0.2) is 9.84 Å². The summed E-state index contributed by atoms with van der Waals surface area (Å²) in [6.45, 7) is 4.37. The second-order valence-electron chi connectivity index (χ2n) is 5.75. The van der Waals surface area contributed by atoms with Gasteiger partial charge in [-0.2, -0.15) is 0 Å². The van der Waals surface area contributed by atoms with Crippen LogP contribution in [0.4, 0.5) is 0 Å². The van der Waals surface area contributed by atoms with Gasteiger partial charge in [-0.1, -0.05) is 29.5 Å². The Bertz CT molecular complexity index is 883. The smallest absolute Gasteiger partial charge is 0.307 e. The van der Waals surface area contributed by atoms with Crippen LogP contribution in [0.5, 0.6) is 0 Å². The average Bonchev–Trinajstić information content (AvgIpc) is 2.83. The highest BCUT2D eigenvalue weighted by Gasteiger charge is 2.14. The Hall–Kier alpha value is -1.93. The summed E-state index contributed by atoms with van der Waals surface area (Å²) in [5.74, 6) is -0.202. The van der Waals surface area contributed by atoms with Crippen molar-refractivity contribution in [3.05, 3.63) is 50.6 Å². The fourth-order valence-corrected chi connectivity index (χ4v) is 4.57. The number of sulfone groups is 1. The average molecular weight is 383 g/mol. The third-order valence-electron chi connectivity index (χ3n) is 3.95. The molecule has 2 rings (SSSR count). The zero-order chi connectivity index (χ0) is 18.4. The molecule has 0 atom stereocenters. The lowest BCUT2D eigenvalue weighted by molar-refractivity contribution is -0.121. The number of rotatable bonds is 8. The van der Waals surface area contributed by atoms with E-state index in [4.69, 9.17) is 0 Å². The van der Waals surface area contributed by atoms with E-state index in [1.54, 1.807) is 34.9 Å². The molecule has 0 radical (unpaired) electrons. The first-order valence-corrected chi connectivity index (χ1v) is 10.5. The number of hydrogen-bond donors (Lipinski definition) is 1. The predicted octanol–water partition coefficient (Wildman–Crippen LogP) is 1.90. The highest BCUT2D eigenvalue weighted by atomic mass is 32.2. The van der Waals surface area contributed by atoms with Gasteiger partial charge in [0.05, 0.1) is 10.6 Å². The molecule has 6 nitrogen and oxygen atoms in total. The molecule has 2 aromatic rings. The van der Waals surface area contributed by atoms with Crippen LogP contribution in [0.1, 0.15) is 23.4 Å². The summed E-state index contributed by atoms with van der Waals surface area (Å²) in [4.78, 5) is 24.8. The van der Waals surface area contributed by atoms with E-state index in [0.29, 0.717) is 24.4 Å². The lowest BCUT2D eigenvalue weighted by Gasteiger charge is -2.08. The summed E-state index contributed by atoms with van der Waals surface area (Å²) in [7, 11) is -3.32. The van der Waals surface area contributed by atoms with Gasteiger partial charge in [-0.05, 0) is 32.4 Å². The van der Waals surface area contributed by atoms with E-state index in [-0.39, 0.29) is 23.0 Å². The van der Waals surface area contributed by atoms with Crippen LogP contribution in [0.25, 0.3) is 0 Å². The molecule has 1 heterocycles. The molecule has 1 N–H and O–H groups in total. The standard InChI is InChI=1S/C17H22N2O4S2/c1-13-14(2)24-17(21)19(13)11-9-16(20)18-10-6-12-25(22,23)15-7-4-3-5-8-15/h3-5,7-8H,6,9-12H2,1-2H3,(H,18,20). The monoisotopic (exact) mass is 382 g/mol. The zero-order valence-electron chi connectivity index (χ0n) is 14.3. The van der Waals surface area contributed by atoms with E-state index in [1.807, 2.05) is 13.8 Å². The van der Waals surface area contributed by atoms with Crippen molar-refractivity contribution in [2.45, 2.75) is 38.1 Å². The van der Waals surface area contributed by atoms with Crippen molar-refractivity contribution in [3.63, 3.8) is 0 Å². The molecule has 0 aliphatic carbocycles. The molecule has 136 valence electrons. The van der Waals surface area contributed by atoms with Crippen LogP contribution >= 0.6 is 11.3 Å². The van der Waals surface area contributed by atoms with Crippen molar-refractivity contribution < 1.29 is 13.2 Å². The minimum absolute atomic E-state index is 0.0143. The van der Waals surface area contributed by atoms with Crippen LogP contribution < -0.4 is 10.2 Å². The molecule has 0 aliphatic heterocycles. The normalized spacial score (nSPS) is 11.4. The predicted molar refractivity (Wildman–Crippen MR) is 98.8 cm³/mol. The maximum absolute atomic E-state index is 12.1. The lowest BCUT2D eigenvalue weighted by atomic mass is 10.3. The van der Waals surface area contributed by atoms with E-state index in [2.05, 4.69) is 5.32 Å². The van der Waals surface area contributed by atoms with Crippen LogP contribution in [-0.2, 0) is 21.2 Å². The number of nitrogens with zero attached hydrogens (tertiary/aromatic N) is 1. The summed E-state index contributed by atoms with van der Waals surface area (Å²) >= 11 is 1.18. The highest BCUT2D eigenvalue weighted by Crippen LogP contribution is 2.11. The molecule has 1 aromatic carbocycles. The number of thiazole rings is 1. The maximum Gasteiger partial charge on any atom is 0.307 e. The van der Waals surface area contributed by atoms with Gasteiger partial charge < -0.3 is 9.88 Å². The Balaban J connectivity index is 1.75. The van der Waals surface area contributed by atoms with Crippen molar-refractivity contribution in [1.82, 2.24) is 9.88 Å². The number of carbonyl (C=O) groups excluding carboxylic acids is 1. The molecule has 0 spiro atoms. The molecule has 0 saturated carbocycles. The summed E-state index contributed by atoms with van der Waals surface area (Å²) in [5, 5.41) is 2.71. The van der Waals surface area contributed by atoms with Gasteiger partial charge >= 0.3 is 4.87 Å². The largest absolute Gasteiger partial charge is 0.356 e. The molecule has 0 unspecified atom stereocenters. The quantitative estimate of drug-likeness (QED) is 0.707. The highest BCUT2D eigenvalue weighted by molar-refractivity contribution is 7.91. The lowest BCUT2D eigenvalue weighted by Crippen LogP contribution is -2.28. The van der Waals surface area contributed by atoms with Crippen molar-refractivity contribution in [2.75, 3.05) is 12.3 Å². The Morgan fingerprint density at radius 3 is 2.48 bits per heavy atom. The Morgan fingerprint density at radius 1 is 1.20 bits per heavy atom. The Labute approximate surface area is 151 Å². The first kappa shape index (κ1) is 19.4. The van der Waals surface area contributed by atoms with Crippen LogP contribution in [0.3, 0.4) is 0 Å². The number of aryl methyl sites for hydroxylation is 1. The van der Waals surface area contributed by atoms with Gasteiger partial charge in [0.1, 0.15) is 0 Å². The van der Waals surface area contributed by atoms with E-state index >= 15 is 0 Å². The summed E-state index contributed by atoms with van der Waals surface area (Å²) in [5.41, 5.74) is 0.886. The molecule has 0 bridgehead atoms. The van der Waals surface area contributed by atoms with Gasteiger partial charge in [-0.3, -0.25) is 9.59 Å². The van der Waals surface area contributed by atoms with Gasteiger partial charge in [0.2, 0.25) is 5.91 Å². The number of carbonyl (C=O) groups is 1. The number of nitrogens with one attached hydrogen (secondary N) is 1. The SMILES string of the molecule is Cc1sc(=O)n(CCC(=O)NCCCS(=O)(=O)c2ccccc2)c1C. The summed E-state index contributed by atoms with van der Waals surface area (Å²) in [6, 6.07) is 8.27. The van der Waals surface area contributed by atoms with Crippen molar-refractivity contribution in [3.8, 4) is 0 Å². The van der Waals surface area contributed by atoms with E-state index in [1.165, 1.54) is 11.3 Å². The second-order valence-corrected chi connectivity index (χ2v) is 9.02. The first-order valence-electron chi connectivity index (χ1n) is 8.02. The van der Waals surface area contributed by atoms with Gasteiger partial charge in [0, 0.05) is 30.1 Å². The number of hydrogen-bond acceptors (Lipinski definition) is 5. The topological polar surface area (TPSA) is 85.2 Å². The van der Waals surface area contributed by atoms with Crippen molar-refractivity contribution in [2.24, 2.45) is 0 Å².